The van der Waals surface area contributed by atoms with E-state index in [2.05, 4.69) is 320 Å². The van der Waals surface area contributed by atoms with Gasteiger partial charge in [-0.15, -0.1) is 0 Å². The minimum Gasteiger partial charge on any atom is -0.456 e. The van der Waals surface area contributed by atoms with E-state index in [4.69, 9.17) is 18.8 Å². The van der Waals surface area contributed by atoms with Crippen LogP contribution in [0.2, 0.25) is 0 Å². The number of imidazole rings is 4. The Labute approximate surface area is 515 Å². The molecular weight excluding hydrogens is 1120 g/mol. The fourth-order valence-corrected chi connectivity index (χ4v) is 19.6. The zero-order valence-corrected chi connectivity index (χ0v) is 49.4. The summed E-state index contributed by atoms with van der Waals surface area (Å²) in [5.74, 6) is 1.77. The second kappa shape index (κ2) is 19.5. The number of rotatable bonds is 7. The van der Waals surface area contributed by atoms with Crippen LogP contribution in [0.15, 0.2) is 318 Å². The van der Waals surface area contributed by atoms with Crippen molar-refractivity contribution in [3.8, 4) is 17.1 Å². The second-order valence-corrected chi connectivity index (χ2v) is 27.0. The molecule has 0 saturated carbocycles. The molecule has 0 aliphatic heterocycles. The van der Waals surface area contributed by atoms with Gasteiger partial charge in [-0.25, -0.2) is 9.97 Å². The summed E-state index contributed by atoms with van der Waals surface area (Å²) in [6.45, 7) is 0. The monoisotopic (exact) mass is 1170 g/mol. The Kier molecular flexibility index (Phi) is 10.9. The first-order valence-electron chi connectivity index (χ1n) is 30.5. The van der Waals surface area contributed by atoms with Gasteiger partial charge in [-0.1, -0.05) is 194 Å². The van der Waals surface area contributed by atoms with E-state index in [1.54, 1.807) is 0 Å². The predicted octanol–water partition coefficient (Wildman–Crippen LogP) is 17.1. The number of aromatic nitrogens is 7. The molecule has 20 aromatic rings. The van der Waals surface area contributed by atoms with Crippen LogP contribution in [0.3, 0.4) is 0 Å². The number of furan rings is 2. The van der Waals surface area contributed by atoms with Crippen LogP contribution in [0.4, 0.5) is 0 Å². The molecule has 0 radical (unpaired) electrons. The first-order valence-corrected chi connectivity index (χ1v) is 32.5. The van der Waals surface area contributed by atoms with E-state index < -0.39 is 8.07 Å². The van der Waals surface area contributed by atoms with Crippen molar-refractivity contribution in [3.63, 3.8) is 0 Å². The van der Waals surface area contributed by atoms with E-state index in [0.717, 1.165) is 117 Å². The SMILES string of the molecule is c1ccc([Si](c2ccccc2)(c2ccccc2)c2cccc3c2oc2ccc(-n4c5ccccc5c5ccccc54)cc23)cc1.c1ccc2c(c1)nc1n(-c3ccc4oc5ccc(-n6c7ccccc7n7c8ccccc8nc67)cc5c4c3)c3ccccc3n21. The van der Waals surface area contributed by atoms with Crippen molar-refractivity contribution < 1.29 is 8.83 Å². The lowest BCUT2D eigenvalue weighted by Gasteiger charge is -2.34. The minimum atomic E-state index is -2.77. The second-order valence-electron chi connectivity index (χ2n) is 23.3. The van der Waals surface area contributed by atoms with E-state index in [9.17, 15) is 0 Å². The molecule has 0 spiro atoms. The van der Waals surface area contributed by atoms with Crippen LogP contribution >= 0.6 is 0 Å². The van der Waals surface area contributed by atoms with Gasteiger partial charge in [-0.2, -0.15) is 0 Å². The number of hydrogen-bond acceptors (Lipinski definition) is 4. The molecule has 0 unspecified atom stereocenters. The third-order valence-electron chi connectivity index (χ3n) is 18.5. The van der Waals surface area contributed by atoms with Gasteiger partial charge in [0.05, 0.1) is 66.5 Å². The zero-order valence-electron chi connectivity index (χ0n) is 48.4. The molecule has 0 aliphatic rings. The molecule has 0 atom stereocenters. The van der Waals surface area contributed by atoms with E-state index in [0.29, 0.717) is 0 Å². The molecule has 20 rings (SSSR count). The molecule has 90 heavy (non-hydrogen) atoms. The quantitative estimate of drug-likeness (QED) is 0.118. The van der Waals surface area contributed by atoms with Crippen molar-refractivity contribution in [3.05, 3.63) is 309 Å². The van der Waals surface area contributed by atoms with E-state index in [1.165, 1.54) is 42.6 Å². The van der Waals surface area contributed by atoms with Crippen LogP contribution < -0.4 is 20.7 Å². The minimum absolute atomic E-state index is 0.848. The number of fused-ring (bicyclic) bond motifs is 19. The van der Waals surface area contributed by atoms with Gasteiger partial charge in [0.25, 0.3) is 0 Å². The number of hydrogen-bond donors (Lipinski definition) is 0. The molecule has 0 fully saturated rings. The maximum absolute atomic E-state index is 6.93. The van der Waals surface area contributed by atoms with Crippen molar-refractivity contribution in [1.82, 2.24) is 32.5 Å². The van der Waals surface area contributed by atoms with Gasteiger partial charge >= 0.3 is 0 Å². The highest BCUT2D eigenvalue weighted by molar-refractivity contribution is 7.20. The Hall–Kier alpha value is -12.0. The van der Waals surface area contributed by atoms with Crippen LogP contribution in [0.25, 0.3) is 138 Å². The molecule has 0 bridgehead atoms. The van der Waals surface area contributed by atoms with Gasteiger partial charge in [-0.05, 0) is 136 Å². The van der Waals surface area contributed by atoms with Crippen molar-refractivity contribution in [2.24, 2.45) is 0 Å². The number of nitrogens with zero attached hydrogens (tertiary/aromatic N) is 7. The summed E-state index contributed by atoms with van der Waals surface area (Å²) in [5.41, 5.74) is 17.8. The van der Waals surface area contributed by atoms with E-state index in [1.807, 2.05) is 12.1 Å². The van der Waals surface area contributed by atoms with Crippen LogP contribution in [0, 0.1) is 0 Å². The van der Waals surface area contributed by atoms with Gasteiger partial charge < -0.3 is 13.4 Å². The van der Waals surface area contributed by atoms with Crippen molar-refractivity contribution in [2.75, 3.05) is 0 Å². The summed E-state index contributed by atoms with van der Waals surface area (Å²) >= 11 is 0. The molecule has 0 saturated heterocycles. The van der Waals surface area contributed by atoms with Gasteiger partial charge in [0.2, 0.25) is 11.6 Å². The topological polar surface area (TPSA) is 75.7 Å². The highest BCUT2D eigenvalue weighted by Gasteiger charge is 2.43. The van der Waals surface area contributed by atoms with Gasteiger partial charge in [0, 0.05) is 38.0 Å². The van der Waals surface area contributed by atoms with Crippen LogP contribution in [0.5, 0.6) is 0 Å². The summed E-state index contributed by atoms with van der Waals surface area (Å²) < 4.78 is 24.7. The molecule has 9 nitrogen and oxygen atoms in total. The van der Waals surface area contributed by atoms with Crippen molar-refractivity contribution in [1.29, 1.82) is 0 Å². The summed E-state index contributed by atoms with van der Waals surface area (Å²) in [7, 11) is -2.77. The Morgan fingerprint density at radius 3 is 1.08 bits per heavy atom. The third kappa shape index (κ3) is 7.24. The van der Waals surface area contributed by atoms with Gasteiger partial charge in [0.1, 0.15) is 22.3 Å². The van der Waals surface area contributed by atoms with Crippen LogP contribution in [-0.4, -0.2) is 40.5 Å². The molecule has 0 N–H and O–H groups in total. The van der Waals surface area contributed by atoms with Crippen LogP contribution in [0.1, 0.15) is 0 Å². The maximum Gasteiger partial charge on any atom is 0.220 e. The fraction of sp³-hybridized carbons (Fsp3) is 0. The van der Waals surface area contributed by atoms with Crippen LogP contribution in [-0.2, 0) is 0 Å². The normalized spacial score (nSPS) is 12.2. The van der Waals surface area contributed by atoms with E-state index in [-0.39, 0.29) is 0 Å². The first-order chi connectivity index (χ1) is 44.7. The van der Waals surface area contributed by atoms with Gasteiger partial charge in [0.15, 0.2) is 8.07 Å². The predicted molar refractivity (Wildman–Crippen MR) is 372 cm³/mol. The first kappa shape index (κ1) is 50.2. The average molecular weight is 1170 g/mol. The molecule has 13 aromatic carbocycles. The van der Waals surface area contributed by atoms with E-state index >= 15 is 0 Å². The third-order valence-corrected chi connectivity index (χ3v) is 23.3. The molecule has 7 heterocycles. The molecule has 0 aliphatic carbocycles. The summed E-state index contributed by atoms with van der Waals surface area (Å²) in [6.07, 6.45) is 0. The maximum atomic E-state index is 6.93. The Morgan fingerprint density at radius 1 is 0.256 bits per heavy atom. The Bertz CT molecular complexity index is 5890. The fourth-order valence-electron chi connectivity index (χ4n) is 14.7. The Morgan fingerprint density at radius 2 is 0.611 bits per heavy atom. The highest BCUT2D eigenvalue weighted by Crippen LogP contribution is 2.39. The highest BCUT2D eigenvalue weighted by atomic mass is 28.3. The summed E-state index contributed by atoms with van der Waals surface area (Å²) in [4.78, 5) is 10.1. The molecule has 422 valence electrons. The molecule has 0 amide bonds. The Balaban J connectivity index is 0.000000130. The number of para-hydroxylation sites is 11. The lowest BCUT2D eigenvalue weighted by molar-refractivity contribution is 0.668. The lowest BCUT2D eigenvalue weighted by atomic mass is 10.1. The largest absolute Gasteiger partial charge is 0.456 e. The average Bonchev–Trinajstić information content (AvgIpc) is 1.42. The standard InChI is InChI=1S/C42H29NOSi.C38H22N6O/c1-4-15-31(16-5-1)45(32-17-6-2-7-18-32,33-19-8-3-9-20-33)41-26-14-23-36-37-29-30(27-28-40(37)44-42(36)41)43-38-24-12-10-21-34(38)35-22-11-13-25-39(35)43;1-3-11-29-27(9-1)39-37-41(31-13-5-7-15-33(31)43(29)37)23-17-19-35-25(21-23)26-22-24(18-20-36(26)45-35)42-32-14-6-8-16-34(32)44-30-12-4-2-10-28(30)40-38(42)44/h1-29H;1-22H. The number of benzene rings is 13. The van der Waals surface area contributed by atoms with Crippen molar-refractivity contribution in [2.45, 2.75) is 0 Å². The lowest BCUT2D eigenvalue weighted by Crippen LogP contribution is -2.74. The zero-order chi connectivity index (χ0) is 59.0. The smallest absolute Gasteiger partial charge is 0.220 e. The van der Waals surface area contributed by atoms with Gasteiger partial charge in [-0.3, -0.25) is 17.9 Å². The van der Waals surface area contributed by atoms with Crippen molar-refractivity contribution >= 4 is 150 Å². The molecule has 10 heteroatoms. The summed E-state index contributed by atoms with van der Waals surface area (Å²) in [6, 6.07) is 110. The summed E-state index contributed by atoms with van der Waals surface area (Å²) in [5, 5.41) is 12.2. The molecular formula is C80H51N7O2Si. The molecule has 7 aromatic heterocycles.